The van der Waals surface area contributed by atoms with Gasteiger partial charge in [0.05, 0.1) is 6.04 Å². The maximum atomic E-state index is 11.9. The summed E-state index contributed by atoms with van der Waals surface area (Å²) in [4.78, 5) is 11.9. The van der Waals surface area contributed by atoms with Gasteiger partial charge in [-0.25, -0.2) is 4.79 Å². The zero-order valence-corrected chi connectivity index (χ0v) is 14.1. The van der Waals surface area contributed by atoms with Crippen LogP contribution in [0.3, 0.4) is 0 Å². The molecule has 0 aliphatic heterocycles. The predicted octanol–water partition coefficient (Wildman–Crippen LogP) is 3.53. The van der Waals surface area contributed by atoms with Gasteiger partial charge in [0.2, 0.25) is 0 Å². The van der Waals surface area contributed by atoms with Gasteiger partial charge in [0, 0.05) is 17.0 Å². The Morgan fingerprint density at radius 1 is 1.09 bits per heavy atom. The summed E-state index contributed by atoms with van der Waals surface area (Å²) in [5.74, 6) is 0. The third-order valence-electron chi connectivity index (χ3n) is 5.12. The third kappa shape index (κ3) is 4.23. The highest BCUT2D eigenvalue weighted by Crippen LogP contribution is 2.19. The number of nitrogens with two attached hydrogens (primary N) is 1. The van der Waals surface area contributed by atoms with Crippen molar-refractivity contribution in [1.82, 2.24) is 0 Å². The lowest BCUT2D eigenvalue weighted by Gasteiger charge is -2.18. The van der Waals surface area contributed by atoms with Gasteiger partial charge in [-0.1, -0.05) is 38.3 Å². The lowest BCUT2D eigenvalue weighted by Crippen LogP contribution is -2.88. The molecule has 23 heavy (non-hydrogen) atoms. The minimum Gasteiger partial charge on any atom is -0.423 e. The standard InChI is InChI=1S/C20H27NO2/c1-2-15-10-11-18-16(13-20(22)23-19(18)12-15)14-21-17-8-6-4-3-5-7-9-17/h10-13,17,21H,2-9,14H2,1H3/p+1. The molecule has 0 unspecified atom stereocenters. The molecule has 3 heteroatoms. The number of hydrogen-bond donors (Lipinski definition) is 1. The van der Waals surface area contributed by atoms with Crippen LogP contribution < -0.4 is 10.9 Å². The molecule has 1 heterocycles. The largest absolute Gasteiger partial charge is 0.423 e. The fraction of sp³-hybridized carbons (Fsp3) is 0.550. The summed E-state index contributed by atoms with van der Waals surface area (Å²) in [6.45, 7) is 2.99. The molecule has 0 bridgehead atoms. The molecule has 3 nitrogen and oxygen atoms in total. The van der Waals surface area contributed by atoms with Crippen LogP contribution >= 0.6 is 0 Å². The van der Waals surface area contributed by atoms with E-state index in [-0.39, 0.29) is 5.63 Å². The van der Waals surface area contributed by atoms with E-state index in [0.717, 1.165) is 29.5 Å². The highest BCUT2D eigenvalue weighted by Gasteiger charge is 2.15. The number of rotatable bonds is 4. The van der Waals surface area contributed by atoms with Crippen molar-refractivity contribution in [2.75, 3.05) is 0 Å². The fourth-order valence-corrected chi connectivity index (χ4v) is 3.68. The number of aryl methyl sites for hydroxylation is 1. The van der Waals surface area contributed by atoms with Crippen molar-refractivity contribution in [2.24, 2.45) is 0 Å². The van der Waals surface area contributed by atoms with E-state index in [9.17, 15) is 4.79 Å². The van der Waals surface area contributed by atoms with Crippen molar-refractivity contribution < 1.29 is 9.73 Å². The summed E-state index contributed by atoms with van der Waals surface area (Å²) in [5.41, 5.74) is 2.83. The predicted molar refractivity (Wildman–Crippen MR) is 93.6 cm³/mol. The first kappa shape index (κ1) is 16.3. The summed E-state index contributed by atoms with van der Waals surface area (Å²) in [5, 5.41) is 3.52. The van der Waals surface area contributed by atoms with Gasteiger partial charge in [0.25, 0.3) is 0 Å². The summed E-state index contributed by atoms with van der Waals surface area (Å²) in [7, 11) is 0. The van der Waals surface area contributed by atoms with E-state index >= 15 is 0 Å². The van der Waals surface area contributed by atoms with E-state index < -0.39 is 0 Å². The van der Waals surface area contributed by atoms with Crippen molar-refractivity contribution >= 4 is 11.0 Å². The Kier molecular flexibility index (Phi) is 5.50. The Hall–Kier alpha value is -1.61. The highest BCUT2D eigenvalue weighted by atomic mass is 16.4. The normalized spacial score (nSPS) is 17.1. The smallest absolute Gasteiger partial charge is 0.336 e. The Balaban J connectivity index is 1.77. The van der Waals surface area contributed by atoms with Crippen LogP contribution in [0.1, 0.15) is 63.0 Å². The van der Waals surface area contributed by atoms with E-state index in [1.807, 2.05) is 6.07 Å². The zero-order valence-electron chi connectivity index (χ0n) is 14.1. The van der Waals surface area contributed by atoms with Crippen molar-refractivity contribution in [1.29, 1.82) is 0 Å². The molecule has 1 fully saturated rings. The van der Waals surface area contributed by atoms with E-state index in [1.165, 1.54) is 50.5 Å². The van der Waals surface area contributed by atoms with Crippen LogP contribution in [0.15, 0.2) is 33.5 Å². The lowest BCUT2D eigenvalue weighted by molar-refractivity contribution is -0.705. The number of quaternary nitrogens is 1. The minimum atomic E-state index is -0.230. The molecule has 1 aromatic heterocycles. The zero-order chi connectivity index (χ0) is 16.1. The van der Waals surface area contributed by atoms with Crippen LogP contribution in [0.25, 0.3) is 11.0 Å². The maximum absolute atomic E-state index is 11.9. The molecule has 2 aromatic rings. The second kappa shape index (κ2) is 7.78. The van der Waals surface area contributed by atoms with Gasteiger partial charge in [-0.15, -0.1) is 0 Å². The summed E-state index contributed by atoms with van der Waals surface area (Å²) in [6, 6.07) is 8.64. The molecule has 2 N–H and O–H groups in total. The van der Waals surface area contributed by atoms with Gasteiger partial charge in [-0.3, -0.25) is 0 Å². The second-order valence-corrected chi connectivity index (χ2v) is 6.82. The van der Waals surface area contributed by atoms with Crippen molar-refractivity contribution in [2.45, 2.75) is 70.9 Å². The van der Waals surface area contributed by atoms with Gasteiger partial charge >= 0.3 is 5.63 Å². The molecule has 1 aliphatic rings. The molecule has 3 rings (SSSR count). The molecule has 1 saturated carbocycles. The first-order chi connectivity index (χ1) is 11.3. The van der Waals surface area contributed by atoms with Crippen LogP contribution in [0.2, 0.25) is 0 Å². The van der Waals surface area contributed by atoms with Gasteiger partial charge < -0.3 is 9.73 Å². The summed E-state index contributed by atoms with van der Waals surface area (Å²) in [6.07, 6.45) is 10.4. The fourth-order valence-electron chi connectivity index (χ4n) is 3.68. The molecule has 1 aromatic carbocycles. The van der Waals surface area contributed by atoms with Crippen molar-refractivity contribution in [3.8, 4) is 0 Å². The molecule has 124 valence electrons. The van der Waals surface area contributed by atoms with E-state index in [1.54, 1.807) is 6.07 Å². The molecule has 1 aliphatic carbocycles. The van der Waals surface area contributed by atoms with Crippen LogP contribution in [-0.2, 0) is 13.0 Å². The third-order valence-corrected chi connectivity index (χ3v) is 5.12. The van der Waals surface area contributed by atoms with Crippen LogP contribution in [0.5, 0.6) is 0 Å². The SMILES string of the molecule is CCc1ccc2c(C[NH2+]C3CCCCCCC3)cc(=O)oc2c1. The van der Waals surface area contributed by atoms with E-state index in [2.05, 4.69) is 24.4 Å². The molecule has 0 amide bonds. The number of benzene rings is 1. The van der Waals surface area contributed by atoms with Gasteiger partial charge in [-0.05, 0) is 43.7 Å². The molecule has 0 spiro atoms. The molecular formula is C20H28NO2+. The molecule has 0 atom stereocenters. The Morgan fingerprint density at radius 2 is 1.83 bits per heavy atom. The van der Waals surface area contributed by atoms with Gasteiger partial charge in [-0.2, -0.15) is 0 Å². The first-order valence-corrected chi connectivity index (χ1v) is 9.15. The Morgan fingerprint density at radius 3 is 2.57 bits per heavy atom. The Labute approximate surface area is 138 Å². The molecule has 0 radical (unpaired) electrons. The molecule has 0 saturated heterocycles. The van der Waals surface area contributed by atoms with Crippen molar-refractivity contribution in [3.63, 3.8) is 0 Å². The topological polar surface area (TPSA) is 46.8 Å². The van der Waals surface area contributed by atoms with Crippen LogP contribution in [0, 0.1) is 0 Å². The lowest BCUT2D eigenvalue weighted by atomic mass is 9.96. The molecular weight excluding hydrogens is 286 g/mol. The average molecular weight is 314 g/mol. The van der Waals surface area contributed by atoms with Gasteiger partial charge in [0.15, 0.2) is 0 Å². The second-order valence-electron chi connectivity index (χ2n) is 6.82. The maximum Gasteiger partial charge on any atom is 0.336 e. The monoisotopic (exact) mass is 314 g/mol. The highest BCUT2D eigenvalue weighted by molar-refractivity contribution is 5.80. The van der Waals surface area contributed by atoms with E-state index in [0.29, 0.717) is 6.04 Å². The average Bonchev–Trinajstić information content (AvgIpc) is 2.52. The first-order valence-electron chi connectivity index (χ1n) is 9.15. The van der Waals surface area contributed by atoms with Crippen molar-refractivity contribution in [3.05, 3.63) is 45.8 Å². The minimum absolute atomic E-state index is 0.230. The number of fused-ring (bicyclic) bond motifs is 1. The van der Waals surface area contributed by atoms with Crippen LogP contribution in [-0.4, -0.2) is 6.04 Å². The summed E-state index contributed by atoms with van der Waals surface area (Å²) < 4.78 is 5.40. The summed E-state index contributed by atoms with van der Waals surface area (Å²) >= 11 is 0. The van der Waals surface area contributed by atoms with Gasteiger partial charge in [0.1, 0.15) is 12.1 Å². The number of hydrogen-bond acceptors (Lipinski definition) is 2. The Bertz CT molecular complexity index is 696. The van der Waals surface area contributed by atoms with Crippen LogP contribution in [0.4, 0.5) is 0 Å². The quantitative estimate of drug-likeness (QED) is 0.878. The van der Waals surface area contributed by atoms with E-state index in [4.69, 9.17) is 4.42 Å².